The highest BCUT2D eigenvalue weighted by Gasteiger charge is 2.43. The maximum absolute atomic E-state index is 12.3. The molecule has 25 heavy (non-hydrogen) atoms. The average Bonchev–Trinajstić information content (AvgIpc) is 2.91. The molecule has 0 heterocycles. The van der Waals surface area contributed by atoms with Crippen molar-refractivity contribution >= 4 is 13.6 Å². The zero-order valence-electron chi connectivity index (χ0n) is 15.6. The van der Waals surface area contributed by atoms with E-state index in [1.807, 2.05) is 0 Å². The summed E-state index contributed by atoms with van der Waals surface area (Å²) in [5.41, 5.74) is 5.83. The molecule has 0 bridgehead atoms. The molecule has 150 valence electrons. The third-order valence-corrected chi connectivity index (χ3v) is 5.31. The third-order valence-electron chi connectivity index (χ3n) is 3.36. The fourth-order valence-corrected chi connectivity index (χ4v) is 3.39. The topological polar surface area (TPSA) is 138 Å². The minimum Gasteiger partial charge on any atom is -0.464 e. The molecule has 10 heteroatoms. The quantitative estimate of drug-likeness (QED) is 0.320. The first-order chi connectivity index (χ1) is 11.5. The number of hydrogen-bond donors (Lipinski definition) is 3. The lowest BCUT2D eigenvalue weighted by molar-refractivity contribution is -0.153. The van der Waals surface area contributed by atoms with Crippen molar-refractivity contribution in [3.63, 3.8) is 0 Å². The average molecular weight is 385 g/mol. The number of hydrogen-bond acceptors (Lipinski definition) is 9. The number of esters is 1. The lowest BCUT2D eigenvalue weighted by atomic mass is 10.1. The van der Waals surface area contributed by atoms with E-state index in [4.69, 9.17) is 34.5 Å². The molecule has 3 unspecified atom stereocenters. The van der Waals surface area contributed by atoms with Crippen LogP contribution in [0.5, 0.6) is 0 Å². The SMILES string of the molecule is CC(C)(O)O.CCOC(=O)C(OCC1CCC(N)C1)P(=O)(OC)OC. The van der Waals surface area contributed by atoms with Gasteiger partial charge >= 0.3 is 13.6 Å². The summed E-state index contributed by atoms with van der Waals surface area (Å²) in [7, 11) is -1.25. The fraction of sp³-hybridized carbons (Fsp3) is 0.933. The first kappa shape index (κ1) is 24.5. The lowest BCUT2D eigenvalue weighted by Gasteiger charge is -2.24. The highest BCUT2D eigenvalue weighted by Crippen LogP contribution is 2.52. The van der Waals surface area contributed by atoms with E-state index in [2.05, 4.69) is 0 Å². The van der Waals surface area contributed by atoms with Gasteiger partial charge in [0.05, 0.1) is 13.2 Å². The van der Waals surface area contributed by atoms with Crippen LogP contribution in [-0.4, -0.2) is 61.3 Å². The smallest absolute Gasteiger partial charge is 0.370 e. The number of aliphatic hydroxyl groups is 2. The monoisotopic (exact) mass is 385 g/mol. The Hall–Kier alpha value is -0.540. The van der Waals surface area contributed by atoms with E-state index in [-0.39, 0.29) is 25.2 Å². The van der Waals surface area contributed by atoms with Gasteiger partial charge in [0.25, 0.3) is 5.85 Å². The summed E-state index contributed by atoms with van der Waals surface area (Å²) in [5, 5.41) is 16.2. The first-order valence-corrected chi connectivity index (χ1v) is 9.77. The van der Waals surface area contributed by atoms with Crippen LogP contribution in [-0.2, 0) is 27.9 Å². The van der Waals surface area contributed by atoms with Gasteiger partial charge in [-0.15, -0.1) is 0 Å². The summed E-state index contributed by atoms with van der Waals surface area (Å²) in [6.45, 7) is 4.71. The van der Waals surface area contributed by atoms with Crippen LogP contribution in [0.1, 0.15) is 40.0 Å². The first-order valence-electron chi connectivity index (χ1n) is 8.16. The Morgan fingerprint density at radius 2 is 1.80 bits per heavy atom. The van der Waals surface area contributed by atoms with Gasteiger partial charge in [-0.05, 0) is 46.0 Å². The normalized spacial score (nSPS) is 22.1. The van der Waals surface area contributed by atoms with E-state index in [9.17, 15) is 9.36 Å². The van der Waals surface area contributed by atoms with Gasteiger partial charge in [0.2, 0.25) is 0 Å². The Balaban J connectivity index is 0.00000101. The van der Waals surface area contributed by atoms with Gasteiger partial charge < -0.3 is 34.5 Å². The zero-order valence-corrected chi connectivity index (χ0v) is 16.5. The Morgan fingerprint density at radius 1 is 1.28 bits per heavy atom. The van der Waals surface area contributed by atoms with Crippen molar-refractivity contribution in [2.24, 2.45) is 11.7 Å². The number of nitrogens with two attached hydrogens (primary N) is 1. The number of rotatable bonds is 8. The molecule has 0 radical (unpaired) electrons. The van der Waals surface area contributed by atoms with Crippen LogP contribution in [0.25, 0.3) is 0 Å². The molecule has 3 atom stereocenters. The fourth-order valence-electron chi connectivity index (χ4n) is 2.26. The number of carbonyl (C=O) groups is 1. The predicted octanol–water partition coefficient (Wildman–Crippen LogP) is 1.21. The van der Waals surface area contributed by atoms with E-state index in [1.54, 1.807) is 6.92 Å². The van der Waals surface area contributed by atoms with Gasteiger partial charge in [0.1, 0.15) is 0 Å². The summed E-state index contributed by atoms with van der Waals surface area (Å²) < 4.78 is 32.4. The molecule has 1 aliphatic carbocycles. The van der Waals surface area contributed by atoms with Crippen molar-refractivity contribution in [1.82, 2.24) is 0 Å². The molecule has 0 amide bonds. The molecule has 0 spiro atoms. The van der Waals surface area contributed by atoms with Gasteiger partial charge in [-0.3, -0.25) is 4.57 Å². The summed E-state index contributed by atoms with van der Waals surface area (Å²) in [4.78, 5) is 11.9. The van der Waals surface area contributed by atoms with Crippen molar-refractivity contribution in [2.75, 3.05) is 27.4 Å². The molecule has 0 aromatic rings. The molecule has 4 N–H and O–H groups in total. The van der Waals surface area contributed by atoms with Crippen LogP contribution in [0.15, 0.2) is 0 Å². The second kappa shape index (κ2) is 11.2. The van der Waals surface area contributed by atoms with Crippen molar-refractivity contribution < 1.29 is 38.1 Å². The second-order valence-corrected chi connectivity index (χ2v) is 8.56. The largest absolute Gasteiger partial charge is 0.464 e. The van der Waals surface area contributed by atoms with E-state index >= 15 is 0 Å². The zero-order chi connectivity index (χ0) is 19.7. The second-order valence-electron chi connectivity index (χ2n) is 6.28. The molecule has 1 saturated carbocycles. The summed E-state index contributed by atoms with van der Waals surface area (Å²) in [6, 6.07) is 0.168. The molecule has 0 aliphatic heterocycles. The molecule has 1 fully saturated rings. The maximum Gasteiger partial charge on any atom is 0.370 e. The highest BCUT2D eigenvalue weighted by atomic mass is 31.2. The molecule has 1 aliphatic rings. The molecule has 0 aromatic carbocycles. The lowest BCUT2D eigenvalue weighted by Crippen LogP contribution is -2.30. The molecule has 0 saturated heterocycles. The van der Waals surface area contributed by atoms with Gasteiger partial charge in [-0.2, -0.15) is 0 Å². The molecule has 9 nitrogen and oxygen atoms in total. The van der Waals surface area contributed by atoms with E-state index < -0.39 is 25.2 Å². The van der Waals surface area contributed by atoms with Crippen molar-refractivity contribution in [1.29, 1.82) is 0 Å². The summed E-state index contributed by atoms with van der Waals surface area (Å²) >= 11 is 0. The molecule has 0 aromatic heterocycles. The van der Waals surface area contributed by atoms with Gasteiger partial charge in [0, 0.05) is 20.3 Å². The Bertz CT molecular complexity index is 426. The van der Waals surface area contributed by atoms with Crippen LogP contribution >= 0.6 is 7.60 Å². The minimum absolute atomic E-state index is 0.167. The maximum atomic E-state index is 12.3. The van der Waals surface area contributed by atoms with Crippen LogP contribution in [0.3, 0.4) is 0 Å². The Kier molecular flexibility index (Phi) is 11.0. The molecular formula is C15H32NO8P. The summed E-state index contributed by atoms with van der Waals surface area (Å²) in [6.07, 6.45) is 2.70. The van der Waals surface area contributed by atoms with Gasteiger partial charge in [0.15, 0.2) is 5.79 Å². The van der Waals surface area contributed by atoms with Gasteiger partial charge in [-0.1, -0.05) is 0 Å². The standard InChI is InChI=1S/C12H24NO6P.C3H8O2/c1-4-18-11(14)12(20(15,16-2)17-3)19-8-9-5-6-10(13)7-9;1-3(2,4)5/h9-10,12H,4-8,13H2,1-3H3;4-5H,1-2H3. The van der Waals surface area contributed by atoms with Crippen molar-refractivity contribution in [2.45, 2.75) is 57.7 Å². The van der Waals surface area contributed by atoms with Crippen LogP contribution in [0.4, 0.5) is 0 Å². The number of ether oxygens (including phenoxy) is 2. The van der Waals surface area contributed by atoms with Gasteiger partial charge in [-0.25, -0.2) is 4.79 Å². The van der Waals surface area contributed by atoms with Crippen LogP contribution in [0, 0.1) is 5.92 Å². The predicted molar refractivity (Wildman–Crippen MR) is 91.8 cm³/mol. The van der Waals surface area contributed by atoms with E-state index in [1.165, 1.54) is 28.1 Å². The van der Waals surface area contributed by atoms with E-state index in [0.29, 0.717) is 0 Å². The summed E-state index contributed by atoms with van der Waals surface area (Å²) in [5.74, 6) is -3.33. The Labute approximate surface area is 149 Å². The van der Waals surface area contributed by atoms with E-state index in [0.717, 1.165) is 19.3 Å². The van der Waals surface area contributed by atoms with Crippen LogP contribution < -0.4 is 5.73 Å². The highest BCUT2D eigenvalue weighted by molar-refractivity contribution is 7.55. The van der Waals surface area contributed by atoms with Crippen LogP contribution in [0.2, 0.25) is 0 Å². The number of carbonyl (C=O) groups excluding carboxylic acids is 1. The van der Waals surface area contributed by atoms with Crippen molar-refractivity contribution in [3.8, 4) is 0 Å². The minimum atomic E-state index is -3.68. The molecular weight excluding hydrogens is 353 g/mol. The van der Waals surface area contributed by atoms with Crippen molar-refractivity contribution in [3.05, 3.63) is 0 Å². The third kappa shape index (κ3) is 10.3. The Morgan fingerprint density at radius 3 is 2.16 bits per heavy atom. The molecule has 1 rings (SSSR count).